The standard InChI is InChI=1S/C14H18N2O5/c1-10-8-11(16(19)20)2-3-12(10)15-9-14(13(17)18)4-6-21-7-5-14/h2-3,8,15H,4-7,9H2,1H3,(H,17,18). The molecule has 2 N–H and O–H groups in total. The van der Waals surface area contributed by atoms with Crippen molar-refractivity contribution in [3.05, 3.63) is 33.9 Å². The molecule has 1 saturated heterocycles. The van der Waals surface area contributed by atoms with Gasteiger partial charge >= 0.3 is 5.97 Å². The minimum atomic E-state index is -0.841. The number of non-ortho nitro benzene ring substituents is 1. The van der Waals surface area contributed by atoms with Gasteiger partial charge in [0.25, 0.3) is 5.69 Å². The first-order valence-electron chi connectivity index (χ1n) is 6.75. The number of nitro benzene ring substituents is 1. The fourth-order valence-electron chi connectivity index (χ4n) is 2.45. The second-order valence-electron chi connectivity index (χ2n) is 5.31. The van der Waals surface area contributed by atoms with Crippen LogP contribution in [0.15, 0.2) is 18.2 Å². The van der Waals surface area contributed by atoms with Gasteiger partial charge in [-0.3, -0.25) is 14.9 Å². The molecule has 7 nitrogen and oxygen atoms in total. The second-order valence-corrected chi connectivity index (χ2v) is 5.31. The van der Waals surface area contributed by atoms with Crippen molar-refractivity contribution in [2.24, 2.45) is 5.41 Å². The third-order valence-corrected chi connectivity index (χ3v) is 3.94. The molecule has 0 amide bonds. The summed E-state index contributed by atoms with van der Waals surface area (Å²) >= 11 is 0. The molecule has 2 rings (SSSR count). The Kier molecular flexibility index (Phi) is 4.42. The molecular formula is C14H18N2O5. The molecule has 1 fully saturated rings. The monoisotopic (exact) mass is 294 g/mol. The van der Waals surface area contributed by atoms with Gasteiger partial charge in [-0.15, -0.1) is 0 Å². The fourth-order valence-corrected chi connectivity index (χ4v) is 2.45. The van der Waals surface area contributed by atoms with Crippen LogP contribution in [0.5, 0.6) is 0 Å². The third-order valence-electron chi connectivity index (χ3n) is 3.94. The zero-order valence-electron chi connectivity index (χ0n) is 11.8. The van der Waals surface area contributed by atoms with Crippen LogP contribution >= 0.6 is 0 Å². The quantitative estimate of drug-likeness (QED) is 0.637. The lowest BCUT2D eigenvalue weighted by Crippen LogP contribution is -2.42. The maximum Gasteiger partial charge on any atom is 0.311 e. The number of aryl methyl sites for hydroxylation is 1. The zero-order valence-corrected chi connectivity index (χ0v) is 11.8. The van der Waals surface area contributed by atoms with Crippen molar-refractivity contribution in [3.8, 4) is 0 Å². The van der Waals surface area contributed by atoms with Crippen LogP contribution in [-0.4, -0.2) is 35.8 Å². The van der Waals surface area contributed by atoms with Crippen LogP contribution in [0.4, 0.5) is 11.4 Å². The number of hydrogen-bond acceptors (Lipinski definition) is 5. The number of ether oxygens (including phenoxy) is 1. The van der Waals surface area contributed by atoms with Crippen molar-refractivity contribution in [1.82, 2.24) is 0 Å². The number of benzene rings is 1. The largest absolute Gasteiger partial charge is 0.481 e. The molecule has 1 aromatic carbocycles. The number of nitrogens with zero attached hydrogens (tertiary/aromatic N) is 1. The number of aliphatic carboxylic acids is 1. The molecule has 0 spiro atoms. The molecular weight excluding hydrogens is 276 g/mol. The number of nitrogens with one attached hydrogen (secondary N) is 1. The van der Waals surface area contributed by atoms with E-state index in [9.17, 15) is 20.0 Å². The molecule has 0 radical (unpaired) electrons. The summed E-state index contributed by atoms with van der Waals surface area (Å²) in [7, 11) is 0. The minimum absolute atomic E-state index is 0.0251. The number of carbonyl (C=O) groups is 1. The van der Waals surface area contributed by atoms with Gasteiger partial charge in [0, 0.05) is 37.6 Å². The highest BCUT2D eigenvalue weighted by molar-refractivity contribution is 5.76. The van der Waals surface area contributed by atoms with E-state index in [-0.39, 0.29) is 12.2 Å². The number of nitro groups is 1. The first kappa shape index (κ1) is 15.2. The average molecular weight is 294 g/mol. The Bertz CT molecular complexity index is 552. The maximum absolute atomic E-state index is 11.5. The second kappa shape index (κ2) is 6.09. The van der Waals surface area contributed by atoms with Crippen LogP contribution in [0.3, 0.4) is 0 Å². The lowest BCUT2D eigenvalue weighted by atomic mass is 9.80. The number of hydrogen-bond donors (Lipinski definition) is 2. The van der Waals surface area contributed by atoms with Gasteiger partial charge in [-0.2, -0.15) is 0 Å². The molecule has 1 aliphatic rings. The Morgan fingerprint density at radius 2 is 2.14 bits per heavy atom. The Morgan fingerprint density at radius 1 is 1.48 bits per heavy atom. The molecule has 0 bridgehead atoms. The zero-order chi connectivity index (χ0) is 15.5. The van der Waals surface area contributed by atoms with E-state index >= 15 is 0 Å². The first-order valence-corrected chi connectivity index (χ1v) is 6.75. The number of rotatable bonds is 5. The number of carboxylic acid groups (broad SMARTS) is 1. The van der Waals surface area contributed by atoms with Gasteiger partial charge in [-0.25, -0.2) is 0 Å². The molecule has 7 heteroatoms. The summed E-state index contributed by atoms with van der Waals surface area (Å²) in [6.07, 6.45) is 0.919. The molecule has 114 valence electrons. The van der Waals surface area contributed by atoms with Crippen molar-refractivity contribution in [1.29, 1.82) is 0 Å². The van der Waals surface area contributed by atoms with Crippen molar-refractivity contribution in [2.45, 2.75) is 19.8 Å². The number of carboxylic acids is 1. The van der Waals surface area contributed by atoms with Gasteiger partial charge in [0.15, 0.2) is 0 Å². The Labute approximate surface area is 122 Å². The first-order chi connectivity index (χ1) is 9.94. The average Bonchev–Trinajstić information content (AvgIpc) is 2.46. The van der Waals surface area contributed by atoms with E-state index in [2.05, 4.69) is 5.32 Å². The smallest absolute Gasteiger partial charge is 0.311 e. The summed E-state index contributed by atoms with van der Waals surface area (Å²) in [5.74, 6) is -0.835. The molecule has 0 unspecified atom stereocenters. The highest BCUT2D eigenvalue weighted by atomic mass is 16.6. The van der Waals surface area contributed by atoms with Gasteiger partial charge in [-0.1, -0.05) is 0 Å². The van der Waals surface area contributed by atoms with E-state index in [1.165, 1.54) is 12.1 Å². The van der Waals surface area contributed by atoms with Crippen molar-refractivity contribution >= 4 is 17.3 Å². The Balaban J connectivity index is 2.11. The molecule has 1 aliphatic heterocycles. The van der Waals surface area contributed by atoms with Crippen LogP contribution in [-0.2, 0) is 9.53 Å². The van der Waals surface area contributed by atoms with Gasteiger partial charge in [0.05, 0.1) is 10.3 Å². The Hall–Kier alpha value is -2.15. The molecule has 0 atom stereocenters. The predicted octanol–water partition coefficient (Wildman–Crippen LogP) is 2.20. The van der Waals surface area contributed by atoms with E-state index in [4.69, 9.17) is 4.74 Å². The fraction of sp³-hybridized carbons (Fsp3) is 0.500. The predicted molar refractivity (Wildman–Crippen MR) is 76.4 cm³/mol. The topological polar surface area (TPSA) is 102 Å². The molecule has 0 saturated carbocycles. The lowest BCUT2D eigenvalue weighted by molar-refractivity contribution is -0.384. The van der Waals surface area contributed by atoms with Crippen LogP contribution < -0.4 is 5.32 Å². The lowest BCUT2D eigenvalue weighted by Gasteiger charge is -2.33. The van der Waals surface area contributed by atoms with Gasteiger partial charge < -0.3 is 15.2 Å². The summed E-state index contributed by atoms with van der Waals surface area (Å²) in [4.78, 5) is 21.8. The minimum Gasteiger partial charge on any atom is -0.481 e. The normalized spacial score (nSPS) is 17.2. The Morgan fingerprint density at radius 3 is 2.67 bits per heavy atom. The molecule has 1 aromatic rings. The summed E-state index contributed by atoms with van der Waals surface area (Å²) < 4.78 is 5.23. The van der Waals surface area contributed by atoms with Crippen molar-refractivity contribution in [2.75, 3.05) is 25.1 Å². The van der Waals surface area contributed by atoms with E-state index in [1.807, 2.05) is 0 Å². The van der Waals surface area contributed by atoms with Gasteiger partial charge in [-0.05, 0) is 31.4 Å². The summed E-state index contributed by atoms with van der Waals surface area (Å²) in [6.45, 7) is 2.91. The van der Waals surface area contributed by atoms with Gasteiger partial charge in [0.1, 0.15) is 0 Å². The highest BCUT2D eigenvalue weighted by Crippen LogP contribution is 2.32. The van der Waals surface area contributed by atoms with Crippen LogP contribution in [0.1, 0.15) is 18.4 Å². The maximum atomic E-state index is 11.5. The summed E-state index contributed by atoms with van der Waals surface area (Å²) in [5, 5.41) is 23.3. The molecule has 0 aromatic heterocycles. The van der Waals surface area contributed by atoms with Gasteiger partial charge in [0.2, 0.25) is 0 Å². The van der Waals surface area contributed by atoms with E-state index in [0.717, 1.165) is 5.56 Å². The number of anilines is 1. The SMILES string of the molecule is Cc1cc([N+](=O)[O-])ccc1NCC1(C(=O)O)CCOCC1. The molecule has 1 heterocycles. The highest BCUT2D eigenvalue weighted by Gasteiger charge is 2.40. The van der Waals surface area contributed by atoms with Crippen molar-refractivity contribution in [3.63, 3.8) is 0 Å². The molecule has 0 aliphatic carbocycles. The van der Waals surface area contributed by atoms with E-state index in [0.29, 0.717) is 31.7 Å². The van der Waals surface area contributed by atoms with E-state index in [1.54, 1.807) is 13.0 Å². The third kappa shape index (κ3) is 3.30. The van der Waals surface area contributed by atoms with Crippen molar-refractivity contribution < 1.29 is 19.6 Å². The summed E-state index contributed by atoms with van der Waals surface area (Å²) in [5.41, 5.74) is 0.619. The summed E-state index contributed by atoms with van der Waals surface area (Å²) in [6, 6.07) is 4.49. The van der Waals surface area contributed by atoms with Crippen LogP contribution in [0.2, 0.25) is 0 Å². The van der Waals surface area contributed by atoms with Crippen LogP contribution in [0, 0.1) is 22.5 Å². The molecule has 21 heavy (non-hydrogen) atoms. The van der Waals surface area contributed by atoms with E-state index < -0.39 is 16.3 Å². The van der Waals surface area contributed by atoms with Crippen LogP contribution in [0.25, 0.3) is 0 Å².